The standard InChI is InChI=1S/C26H39NO8/c1-14(2)17(6)24(29)34-22-10-9-20(12-23(22)35-25(30)18(7)15(3)4)11-21(27)26(31)33-16(5)13-32-19(8)28/h9-10,12,14-18,21H,11,13,27H2,1-8H3/t16-,17?,18?,21+/m1/s1. The van der Waals surface area contributed by atoms with Gasteiger partial charge in [0.2, 0.25) is 0 Å². The second-order valence-electron chi connectivity index (χ2n) is 9.55. The van der Waals surface area contributed by atoms with Gasteiger partial charge in [0.25, 0.3) is 0 Å². The molecule has 0 aliphatic rings. The van der Waals surface area contributed by atoms with Gasteiger partial charge in [-0.1, -0.05) is 47.6 Å². The Bertz CT molecular complexity index is 895. The minimum absolute atomic E-state index is 0.0507. The lowest BCUT2D eigenvalue weighted by atomic mass is 9.98. The molecule has 2 N–H and O–H groups in total. The van der Waals surface area contributed by atoms with Crippen LogP contribution in [0.3, 0.4) is 0 Å². The van der Waals surface area contributed by atoms with Crippen molar-refractivity contribution in [2.24, 2.45) is 29.4 Å². The van der Waals surface area contributed by atoms with Crippen LogP contribution in [0.25, 0.3) is 0 Å². The van der Waals surface area contributed by atoms with Crippen LogP contribution in [0.15, 0.2) is 18.2 Å². The van der Waals surface area contributed by atoms with Gasteiger partial charge in [0.1, 0.15) is 18.8 Å². The van der Waals surface area contributed by atoms with Gasteiger partial charge in [-0.15, -0.1) is 0 Å². The molecule has 0 bridgehead atoms. The summed E-state index contributed by atoms with van der Waals surface area (Å²) in [7, 11) is 0. The summed E-state index contributed by atoms with van der Waals surface area (Å²) in [4.78, 5) is 48.4. The molecule has 9 heteroatoms. The topological polar surface area (TPSA) is 131 Å². The first kappa shape index (κ1) is 30.1. The third-order valence-electron chi connectivity index (χ3n) is 5.77. The van der Waals surface area contributed by atoms with E-state index < -0.39 is 36.0 Å². The summed E-state index contributed by atoms with van der Waals surface area (Å²) in [5.41, 5.74) is 6.59. The maximum atomic E-state index is 12.6. The van der Waals surface area contributed by atoms with Crippen LogP contribution in [-0.4, -0.2) is 42.6 Å². The minimum atomic E-state index is -1.01. The van der Waals surface area contributed by atoms with E-state index in [1.54, 1.807) is 26.8 Å². The molecule has 2 unspecified atom stereocenters. The SMILES string of the molecule is CC(=O)OC[C@@H](C)OC(=O)[C@@H](N)Cc1ccc(OC(=O)C(C)C(C)C)c(OC(=O)C(C)C(C)C)c1. The highest BCUT2D eigenvalue weighted by molar-refractivity contribution is 5.79. The van der Waals surface area contributed by atoms with E-state index in [0.717, 1.165) is 0 Å². The zero-order valence-corrected chi connectivity index (χ0v) is 22.0. The van der Waals surface area contributed by atoms with E-state index in [2.05, 4.69) is 0 Å². The van der Waals surface area contributed by atoms with Gasteiger partial charge in [0, 0.05) is 6.92 Å². The number of nitrogens with two attached hydrogens (primary N) is 1. The molecule has 0 aliphatic carbocycles. The smallest absolute Gasteiger partial charge is 0.323 e. The Morgan fingerprint density at radius 2 is 1.31 bits per heavy atom. The summed E-state index contributed by atoms with van der Waals surface area (Å²) in [5, 5.41) is 0. The van der Waals surface area contributed by atoms with Crippen LogP contribution in [-0.2, 0) is 35.1 Å². The monoisotopic (exact) mass is 493 g/mol. The largest absolute Gasteiger partial charge is 0.462 e. The van der Waals surface area contributed by atoms with Gasteiger partial charge in [0.15, 0.2) is 11.5 Å². The van der Waals surface area contributed by atoms with Crippen molar-refractivity contribution in [2.75, 3.05) is 6.61 Å². The molecule has 0 saturated heterocycles. The molecule has 0 heterocycles. The number of carbonyl (C=O) groups excluding carboxylic acids is 4. The van der Waals surface area contributed by atoms with Gasteiger partial charge >= 0.3 is 23.9 Å². The maximum absolute atomic E-state index is 12.6. The molecule has 0 spiro atoms. The fourth-order valence-corrected chi connectivity index (χ4v) is 2.68. The summed E-state index contributed by atoms with van der Waals surface area (Å²) in [6.45, 7) is 13.9. The second-order valence-corrected chi connectivity index (χ2v) is 9.55. The van der Waals surface area contributed by atoms with Crippen molar-refractivity contribution >= 4 is 23.9 Å². The third kappa shape index (κ3) is 10.1. The first-order valence-corrected chi connectivity index (χ1v) is 11.9. The molecule has 1 aromatic carbocycles. The normalized spacial score (nSPS) is 14.6. The lowest BCUT2D eigenvalue weighted by Gasteiger charge is -2.19. The van der Waals surface area contributed by atoms with Crippen molar-refractivity contribution in [3.63, 3.8) is 0 Å². The molecule has 0 aromatic heterocycles. The molecule has 196 valence electrons. The van der Waals surface area contributed by atoms with Gasteiger partial charge in [-0.3, -0.25) is 19.2 Å². The quantitative estimate of drug-likeness (QED) is 0.343. The van der Waals surface area contributed by atoms with E-state index >= 15 is 0 Å². The van der Waals surface area contributed by atoms with Crippen molar-refractivity contribution in [3.8, 4) is 11.5 Å². The minimum Gasteiger partial charge on any atom is -0.462 e. The van der Waals surface area contributed by atoms with E-state index in [9.17, 15) is 19.2 Å². The Morgan fingerprint density at radius 3 is 1.80 bits per heavy atom. The molecule has 4 atom stereocenters. The Balaban J connectivity index is 3.06. The molecule has 0 aliphatic heterocycles. The zero-order valence-electron chi connectivity index (χ0n) is 22.0. The number of carbonyl (C=O) groups is 4. The fraction of sp³-hybridized carbons (Fsp3) is 0.615. The summed E-state index contributed by atoms with van der Waals surface area (Å²) in [6.07, 6.45) is -0.573. The Kier molecular flexibility index (Phi) is 11.9. The molecular weight excluding hydrogens is 454 g/mol. The van der Waals surface area contributed by atoms with Gasteiger partial charge < -0.3 is 24.7 Å². The molecular formula is C26H39NO8. The highest BCUT2D eigenvalue weighted by atomic mass is 16.6. The fourth-order valence-electron chi connectivity index (χ4n) is 2.68. The molecule has 0 fully saturated rings. The maximum Gasteiger partial charge on any atom is 0.323 e. The van der Waals surface area contributed by atoms with Crippen molar-refractivity contribution in [1.29, 1.82) is 0 Å². The molecule has 0 radical (unpaired) electrons. The third-order valence-corrected chi connectivity index (χ3v) is 5.77. The van der Waals surface area contributed by atoms with Crippen molar-refractivity contribution in [2.45, 2.75) is 74.0 Å². The number of esters is 4. The Hall–Kier alpha value is -2.94. The highest BCUT2D eigenvalue weighted by Gasteiger charge is 2.25. The molecule has 9 nitrogen and oxygen atoms in total. The van der Waals surface area contributed by atoms with Crippen LogP contribution in [0.1, 0.15) is 61.0 Å². The lowest BCUT2D eigenvalue weighted by molar-refractivity contribution is -0.157. The number of hydrogen-bond donors (Lipinski definition) is 1. The first-order chi connectivity index (χ1) is 16.2. The Labute approximate surface area is 207 Å². The van der Waals surface area contributed by atoms with Crippen LogP contribution in [0, 0.1) is 23.7 Å². The lowest BCUT2D eigenvalue weighted by Crippen LogP contribution is -2.37. The Morgan fingerprint density at radius 1 is 0.800 bits per heavy atom. The summed E-state index contributed by atoms with van der Waals surface area (Å²) >= 11 is 0. The number of ether oxygens (including phenoxy) is 4. The van der Waals surface area contributed by atoms with E-state index in [1.165, 1.54) is 19.1 Å². The molecule has 35 heavy (non-hydrogen) atoms. The molecule has 0 saturated carbocycles. The summed E-state index contributed by atoms with van der Waals surface area (Å²) in [5.74, 6) is -2.48. The van der Waals surface area contributed by atoms with E-state index in [4.69, 9.17) is 24.7 Å². The average Bonchev–Trinajstić information content (AvgIpc) is 2.77. The van der Waals surface area contributed by atoms with Gasteiger partial charge in [-0.25, -0.2) is 0 Å². The molecule has 1 rings (SSSR count). The van der Waals surface area contributed by atoms with Gasteiger partial charge in [-0.2, -0.15) is 0 Å². The van der Waals surface area contributed by atoms with Crippen molar-refractivity contribution in [3.05, 3.63) is 23.8 Å². The average molecular weight is 494 g/mol. The highest BCUT2D eigenvalue weighted by Crippen LogP contribution is 2.31. The molecule has 0 amide bonds. The van der Waals surface area contributed by atoms with Gasteiger partial charge in [-0.05, 0) is 42.9 Å². The van der Waals surface area contributed by atoms with E-state index in [0.29, 0.717) is 5.56 Å². The number of hydrogen-bond acceptors (Lipinski definition) is 9. The first-order valence-electron chi connectivity index (χ1n) is 11.9. The van der Waals surface area contributed by atoms with Crippen LogP contribution < -0.4 is 15.2 Å². The summed E-state index contributed by atoms with van der Waals surface area (Å²) in [6, 6.07) is 3.68. The zero-order chi connectivity index (χ0) is 26.9. The van der Waals surface area contributed by atoms with Crippen molar-refractivity contribution in [1.82, 2.24) is 0 Å². The predicted molar refractivity (Wildman–Crippen MR) is 130 cm³/mol. The number of rotatable bonds is 12. The molecule has 1 aromatic rings. The predicted octanol–water partition coefficient (Wildman–Crippen LogP) is 3.45. The van der Waals surface area contributed by atoms with Crippen molar-refractivity contribution < 1.29 is 38.1 Å². The van der Waals surface area contributed by atoms with Crippen LogP contribution in [0.5, 0.6) is 11.5 Å². The van der Waals surface area contributed by atoms with Crippen LogP contribution >= 0.6 is 0 Å². The number of benzene rings is 1. The van der Waals surface area contributed by atoms with Crippen LogP contribution in [0.2, 0.25) is 0 Å². The van der Waals surface area contributed by atoms with E-state index in [1.807, 2.05) is 27.7 Å². The second kappa shape index (κ2) is 13.8. The van der Waals surface area contributed by atoms with Crippen LogP contribution in [0.4, 0.5) is 0 Å². The van der Waals surface area contributed by atoms with Gasteiger partial charge in [0.05, 0.1) is 11.8 Å². The summed E-state index contributed by atoms with van der Waals surface area (Å²) < 4.78 is 21.2. The van der Waals surface area contributed by atoms with E-state index in [-0.39, 0.29) is 48.2 Å².